The fourth-order valence-electron chi connectivity index (χ4n) is 8.25. The molecular formula is C30H48O18. The van der Waals surface area contributed by atoms with Crippen LogP contribution >= 0.6 is 0 Å². The van der Waals surface area contributed by atoms with Gasteiger partial charge in [-0.15, -0.1) is 0 Å². The van der Waals surface area contributed by atoms with Gasteiger partial charge in [-0.2, -0.15) is 0 Å². The maximum absolute atomic E-state index is 11.1. The summed E-state index contributed by atoms with van der Waals surface area (Å²) in [6.07, 6.45) is -18.8. The minimum Gasteiger partial charge on any atom is -0.472 e. The standard InChI is InChI=1S/C30H48O18/c1-29(40)6-12(32)10-3-4-42-25(17(10)29)47-28-24(39)22(37)20(35)15(45-28)9-43-16-5-11-13(33)7-30(2,41)18(11)26(46-16)48-27-23(38)21(36)19(34)14(8-31)44-27/h3-4,10-28,31-41H,5-9H2,1-2H3/t10-,11+,12+,13-,14+,15+,16+,17+,18-,19+,20+,21-,22-,23+,24+,25-,26+,27-,28-,29-,30+/m0/s1. The van der Waals surface area contributed by atoms with Crippen molar-refractivity contribution in [2.45, 2.75) is 137 Å². The van der Waals surface area contributed by atoms with Crippen LogP contribution in [0, 0.1) is 23.7 Å². The predicted octanol–water partition coefficient (Wildman–Crippen LogP) is -4.92. The van der Waals surface area contributed by atoms with Gasteiger partial charge in [-0.3, -0.25) is 0 Å². The monoisotopic (exact) mass is 696 g/mol. The van der Waals surface area contributed by atoms with E-state index in [4.69, 9.17) is 33.2 Å². The lowest BCUT2D eigenvalue weighted by molar-refractivity contribution is -0.388. The molecule has 6 rings (SSSR count). The van der Waals surface area contributed by atoms with E-state index in [9.17, 15) is 56.2 Å². The Labute approximate surface area is 275 Å². The summed E-state index contributed by atoms with van der Waals surface area (Å²) in [5.41, 5.74) is -2.89. The lowest BCUT2D eigenvalue weighted by Crippen LogP contribution is -2.62. The first-order valence-electron chi connectivity index (χ1n) is 16.2. The highest BCUT2D eigenvalue weighted by Gasteiger charge is 2.60. The topological polar surface area (TPSA) is 287 Å². The quantitative estimate of drug-likeness (QED) is 0.113. The third-order valence-electron chi connectivity index (χ3n) is 10.8. The largest absolute Gasteiger partial charge is 0.472 e. The smallest absolute Gasteiger partial charge is 0.207 e. The third-order valence-corrected chi connectivity index (χ3v) is 10.8. The second-order valence-electron chi connectivity index (χ2n) is 14.4. The SMILES string of the molecule is C[C@]1(O)C[C@@H](O)[C@@H]2C=CO[C@@H](O[C@@H]3O[C@H](CO[C@H]4C[C@H]5[C@@H]([C@@H](O[C@@H]6O[C@H](CO)[C@@H](O)[C@H](O)[C@H]6O)O4)[C@](C)(O)C[C@@H]5O)[C@@H](O)[C@H](O)[C@H]3O)[C@@H]21. The molecule has 18 nitrogen and oxygen atoms in total. The number of ether oxygens (including phenoxy) is 7. The molecule has 4 aliphatic heterocycles. The van der Waals surface area contributed by atoms with Crippen molar-refractivity contribution in [1.82, 2.24) is 0 Å². The molecule has 21 atom stereocenters. The zero-order chi connectivity index (χ0) is 34.9. The van der Waals surface area contributed by atoms with Crippen molar-refractivity contribution in [2.75, 3.05) is 13.2 Å². The molecule has 0 spiro atoms. The minimum atomic E-state index is -1.77. The molecule has 0 unspecified atom stereocenters. The zero-order valence-electron chi connectivity index (χ0n) is 26.4. The van der Waals surface area contributed by atoms with Gasteiger partial charge >= 0.3 is 0 Å². The molecule has 48 heavy (non-hydrogen) atoms. The first kappa shape index (κ1) is 36.6. The van der Waals surface area contributed by atoms with E-state index in [-0.39, 0.29) is 19.3 Å². The van der Waals surface area contributed by atoms with Crippen LogP contribution in [-0.2, 0) is 33.2 Å². The van der Waals surface area contributed by atoms with Crippen molar-refractivity contribution in [3.05, 3.63) is 12.3 Å². The molecule has 6 aliphatic rings. The normalized spacial score (nSPS) is 56.8. The summed E-state index contributed by atoms with van der Waals surface area (Å²) >= 11 is 0. The third kappa shape index (κ3) is 6.66. The molecule has 276 valence electrons. The van der Waals surface area contributed by atoms with Crippen LogP contribution in [0.5, 0.6) is 0 Å². The van der Waals surface area contributed by atoms with E-state index in [2.05, 4.69) is 0 Å². The van der Waals surface area contributed by atoms with E-state index in [0.29, 0.717) is 0 Å². The summed E-state index contributed by atoms with van der Waals surface area (Å²) in [7, 11) is 0. The Morgan fingerprint density at radius 3 is 1.88 bits per heavy atom. The molecule has 0 aromatic carbocycles. The summed E-state index contributed by atoms with van der Waals surface area (Å²) < 4.78 is 40.5. The summed E-state index contributed by atoms with van der Waals surface area (Å²) in [5, 5.41) is 116. The Kier molecular flexibility index (Phi) is 10.5. The minimum absolute atomic E-state index is 0.0349. The van der Waals surface area contributed by atoms with E-state index in [1.165, 1.54) is 20.1 Å². The van der Waals surface area contributed by atoms with E-state index >= 15 is 0 Å². The van der Waals surface area contributed by atoms with Gasteiger partial charge in [0.2, 0.25) is 6.29 Å². The second-order valence-corrected chi connectivity index (χ2v) is 14.4. The Morgan fingerprint density at radius 1 is 0.667 bits per heavy atom. The number of aliphatic hydroxyl groups excluding tert-OH is 9. The Morgan fingerprint density at radius 2 is 1.23 bits per heavy atom. The summed E-state index contributed by atoms with van der Waals surface area (Å²) in [4.78, 5) is 0. The van der Waals surface area contributed by atoms with Crippen LogP contribution in [-0.4, -0.2) is 173 Å². The van der Waals surface area contributed by atoms with Gasteiger partial charge < -0.3 is 89.3 Å². The van der Waals surface area contributed by atoms with Crippen LogP contribution in [0.15, 0.2) is 12.3 Å². The number of fused-ring (bicyclic) bond motifs is 2. The number of hydrogen-bond acceptors (Lipinski definition) is 18. The van der Waals surface area contributed by atoms with E-state index in [1.54, 1.807) is 6.08 Å². The molecule has 18 heteroatoms. The van der Waals surface area contributed by atoms with E-state index < -0.39 is 141 Å². The lowest BCUT2D eigenvalue weighted by Gasteiger charge is -2.47. The predicted molar refractivity (Wildman–Crippen MR) is 152 cm³/mol. The highest BCUT2D eigenvalue weighted by atomic mass is 16.8. The highest BCUT2D eigenvalue weighted by Crippen LogP contribution is 2.50. The molecule has 0 bridgehead atoms. The summed E-state index contributed by atoms with van der Waals surface area (Å²) in [5.74, 6) is -2.78. The maximum atomic E-state index is 11.1. The van der Waals surface area contributed by atoms with Crippen molar-refractivity contribution in [1.29, 1.82) is 0 Å². The van der Waals surface area contributed by atoms with Crippen LogP contribution < -0.4 is 0 Å². The fraction of sp³-hybridized carbons (Fsp3) is 0.933. The molecular weight excluding hydrogens is 648 g/mol. The van der Waals surface area contributed by atoms with Crippen LogP contribution in [0.2, 0.25) is 0 Å². The molecule has 0 radical (unpaired) electrons. The molecule has 4 heterocycles. The first-order valence-corrected chi connectivity index (χ1v) is 16.2. The first-order chi connectivity index (χ1) is 22.5. The van der Waals surface area contributed by atoms with Gasteiger partial charge in [-0.1, -0.05) is 0 Å². The molecule has 3 saturated heterocycles. The summed E-state index contributed by atoms with van der Waals surface area (Å²) in [6.45, 7) is 1.86. The van der Waals surface area contributed by atoms with Crippen LogP contribution in [0.25, 0.3) is 0 Å². The molecule has 11 N–H and O–H groups in total. The number of aliphatic hydroxyl groups is 11. The molecule has 2 aliphatic carbocycles. The lowest BCUT2D eigenvalue weighted by atomic mass is 9.82. The van der Waals surface area contributed by atoms with Gasteiger partial charge in [0.1, 0.15) is 48.8 Å². The van der Waals surface area contributed by atoms with Crippen molar-refractivity contribution in [3.63, 3.8) is 0 Å². The van der Waals surface area contributed by atoms with Crippen LogP contribution in [0.1, 0.15) is 33.1 Å². The van der Waals surface area contributed by atoms with Crippen molar-refractivity contribution in [3.8, 4) is 0 Å². The molecule has 5 fully saturated rings. The van der Waals surface area contributed by atoms with Crippen molar-refractivity contribution < 1.29 is 89.3 Å². The van der Waals surface area contributed by atoms with Gasteiger partial charge in [0.15, 0.2) is 25.2 Å². The van der Waals surface area contributed by atoms with Gasteiger partial charge in [0.25, 0.3) is 0 Å². The molecule has 2 saturated carbocycles. The Balaban J connectivity index is 1.14. The zero-order valence-corrected chi connectivity index (χ0v) is 26.4. The van der Waals surface area contributed by atoms with Crippen LogP contribution in [0.3, 0.4) is 0 Å². The van der Waals surface area contributed by atoms with E-state index in [0.717, 1.165) is 0 Å². The maximum Gasteiger partial charge on any atom is 0.207 e. The Bertz CT molecular complexity index is 1140. The van der Waals surface area contributed by atoms with Gasteiger partial charge in [0, 0.05) is 37.0 Å². The average molecular weight is 697 g/mol. The van der Waals surface area contributed by atoms with Crippen molar-refractivity contribution in [2.24, 2.45) is 23.7 Å². The Hall–Kier alpha value is -1.14. The van der Waals surface area contributed by atoms with Crippen molar-refractivity contribution >= 4 is 0 Å². The van der Waals surface area contributed by atoms with Gasteiger partial charge in [0.05, 0.1) is 48.8 Å². The molecule has 0 aromatic heterocycles. The molecule has 0 amide bonds. The van der Waals surface area contributed by atoms with Crippen LogP contribution in [0.4, 0.5) is 0 Å². The number of rotatable bonds is 8. The fourth-order valence-corrected chi connectivity index (χ4v) is 8.25. The summed E-state index contributed by atoms with van der Waals surface area (Å²) in [6, 6.07) is 0. The second kappa shape index (κ2) is 13.8. The van der Waals surface area contributed by atoms with Gasteiger partial charge in [-0.25, -0.2) is 0 Å². The highest BCUT2D eigenvalue weighted by molar-refractivity contribution is 5.10. The van der Waals surface area contributed by atoms with E-state index in [1.807, 2.05) is 0 Å². The average Bonchev–Trinajstić information content (AvgIpc) is 3.42. The molecule has 0 aromatic rings. The number of hydrogen-bond donors (Lipinski definition) is 11. The van der Waals surface area contributed by atoms with Gasteiger partial charge in [-0.05, 0) is 19.9 Å².